The standard InChI is InChI=1S/C16H16FN5O/c1-11-15(10-21(2)20-11)16(23)19-14-7-18-22(9-14)8-12-3-5-13(17)6-4-12/h3-7,9-10H,8H2,1-2H3,(H,19,23). The van der Waals surface area contributed by atoms with Gasteiger partial charge in [-0.05, 0) is 24.6 Å². The topological polar surface area (TPSA) is 64.7 Å². The SMILES string of the molecule is Cc1nn(C)cc1C(=O)Nc1cnn(Cc2ccc(F)cc2)c1. The quantitative estimate of drug-likeness (QED) is 0.804. The average molecular weight is 313 g/mol. The van der Waals surface area contributed by atoms with E-state index in [4.69, 9.17) is 0 Å². The lowest BCUT2D eigenvalue weighted by atomic mass is 10.2. The maximum absolute atomic E-state index is 12.9. The molecule has 0 radical (unpaired) electrons. The summed E-state index contributed by atoms with van der Waals surface area (Å²) in [7, 11) is 1.77. The molecule has 0 saturated heterocycles. The van der Waals surface area contributed by atoms with Crippen molar-refractivity contribution in [3.05, 3.63) is 65.5 Å². The summed E-state index contributed by atoms with van der Waals surface area (Å²) in [6.07, 6.45) is 4.98. The molecule has 2 aromatic heterocycles. The molecule has 7 heteroatoms. The van der Waals surface area contributed by atoms with E-state index >= 15 is 0 Å². The number of halogens is 1. The van der Waals surface area contributed by atoms with Gasteiger partial charge in [-0.3, -0.25) is 14.2 Å². The third-order valence-electron chi connectivity index (χ3n) is 3.41. The van der Waals surface area contributed by atoms with Crippen LogP contribution in [0.15, 0.2) is 42.9 Å². The van der Waals surface area contributed by atoms with Gasteiger partial charge in [0.15, 0.2) is 0 Å². The highest BCUT2D eigenvalue weighted by Crippen LogP contribution is 2.12. The van der Waals surface area contributed by atoms with E-state index in [1.165, 1.54) is 12.1 Å². The third kappa shape index (κ3) is 3.45. The Morgan fingerprint density at radius 3 is 2.65 bits per heavy atom. The lowest BCUT2D eigenvalue weighted by Crippen LogP contribution is -2.12. The van der Waals surface area contributed by atoms with Crippen molar-refractivity contribution in [1.29, 1.82) is 0 Å². The molecular weight excluding hydrogens is 297 g/mol. The summed E-state index contributed by atoms with van der Waals surface area (Å²) >= 11 is 0. The first-order valence-corrected chi connectivity index (χ1v) is 7.10. The van der Waals surface area contributed by atoms with Crippen LogP contribution in [-0.4, -0.2) is 25.5 Å². The lowest BCUT2D eigenvalue weighted by molar-refractivity contribution is 0.102. The molecule has 23 heavy (non-hydrogen) atoms. The molecule has 1 N–H and O–H groups in total. The van der Waals surface area contributed by atoms with Gasteiger partial charge in [-0.25, -0.2) is 4.39 Å². The molecule has 2 heterocycles. The number of aryl methyl sites for hydroxylation is 2. The molecule has 0 aliphatic carbocycles. The zero-order valence-electron chi connectivity index (χ0n) is 12.8. The van der Waals surface area contributed by atoms with E-state index in [-0.39, 0.29) is 11.7 Å². The normalized spacial score (nSPS) is 10.7. The van der Waals surface area contributed by atoms with Crippen molar-refractivity contribution >= 4 is 11.6 Å². The van der Waals surface area contributed by atoms with E-state index in [1.807, 2.05) is 0 Å². The van der Waals surface area contributed by atoms with Crippen molar-refractivity contribution < 1.29 is 9.18 Å². The van der Waals surface area contributed by atoms with Crippen LogP contribution in [0.2, 0.25) is 0 Å². The highest BCUT2D eigenvalue weighted by molar-refractivity contribution is 6.04. The number of amides is 1. The Morgan fingerprint density at radius 1 is 1.26 bits per heavy atom. The molecule has 0 unspecified atom stereocenters. The van der Waals surface area contributed by atoms with E-state index in [0.717, 1.165) is 5.56 Å². The van der Waals surface area contributed by atoms with E-state index in [0.29, 0.717) is 23.5 Å². The van der Waals surface area contributed by atoms with Crippen LogP contribution in [0.5, 0.6) is 0 Å². The highest BCUT2D eigenvalue weighted by Gasteiger charge is 2.13. The molecule has 0 spiro atoms. The minimum absolute atomic E-state index is 0.225. The number of nitrogens with zero attached hydrogens (tertiary/aromatic N) is 4. The van der Waals surface area contributed by atoms with Gasteiger partial charge in [0.1, 0.15) is 5.82 Å². The molecule has 0 fully saturated rings. The Balaban J connectivity index is 1.68. The summed E-state index contributed by atoms with van der Waals surface area (Å²) < 4.78 is 16.2. The second kappa shape index (κ2) is 6.04. The number of aromatic nitrogens is 4. The second-order valence-corrected chi connectivity index (χ2v) is 5.31. The molecule has 1 aromatic carbocycles. The Kier molecular flexibility index (Phi) is 3.92. The monoisotopic (exact) mass is 313 g/mol. The first kappa shape index (κ1) is 15.0. The highest BCUT2D eigenvalue weighted by atomic mass is 19.1. The lowest BCUT2D eigenvalue weighted by Gasteiger charge is -2.02. The molecule has 0 aliphatic rings. The van der Waals surface area contributed by atoms with Gasteiger partial charge in [0, 0.05) is 19.4 Å². The van der Waals surface area contributed by atoms with Crippen molar-refractivity contribution in [2.24, 2.45) is 7.05 Å². The zero-order chi connectivity index (χ0) is 16.4. The Morgan fingerprint density at radius 2 is 2.00 bits per heavy atom. The Hall–Kier alpha value is -2.96. The molecule has 6 nitrogen and oxygen atoms in total. The summed E-state index contributed by atoms with van der Waals surface area (Å²) in [5.74, 6) is -0.494. The van der Waals surface area contributed by atoms with Gasteiger partial charge < -0.3 is 5.32 Å². The fraction of sp³-hybridized carbons (Fsp3) is 0.188. The third-order valence-corrected chi connectivity index (χ3v) is 3.41. The van der Waals surface area contributed by atoms with Crippen LogP contribution in [0.25, 0.3) is 0 Å². The first-order chi connectivity index (χ1) is 11.0. The predicted octanol–water partition coefficient (Wildman–Crippen LogP) is 2.36. The van der Waals surface area contributed by atoms with E-state index in [1.54, 1.807) is 54.1 Å². The molecule has 3 aromatic rings. The smallest absolute Gasteiger partial charge is 0.259 e. The van der Waals surface area contributed by atoms with E-state index in [2.05, 4.69) is 15.5 Å². The van der Waals surface area contributed by atoms with E-state index in [9.17, 15) is 9.18 Å². The summed E-state index contributed by atoms with van der Waals surface area (Å²) in [4.78, 5) is 12.2. The molecule has 0 bridgehead atoms. The summed E-state index contributed by atoms with van der Waals surface area (Å²) in [6, 6.07) is 6.22. The number of carbonyl (C=O) groups is 1. The number of carbonyl (C=O) groups excluding carboxylic acids is 1. The summed E-state index contributed by atoms with van der Waals surface area (Å²) in [6.45, 7) is 2.29. The first-order valence-electron chi connectivity index (χ1n) is 7.10. The van der Waals surface area contributed by atoms with Crippen LogP contribution in [0.1, 0.15) is 21.6 Å². The zero-order valence-corrected chi connectivity index (χ0v) is 12.8. The molecule has 0 atom stereocenters. The van der Waals surface area contributed by atoms with Crippen LogP contribution < -0.4 is 5.32 Å². The predicted molar refractivity (Wildman–Crippen MR) is 83.6 cm³/mol. The van der Waals surface area contributed by atoms with Crippen LogP contribution in [-0.2, 0) is 13.6 Å². The van der Waals surface area contributed by atoms with Gasteiger partial charge in [-0.2, -0.15) is 10.2 Å². The second-order valence-electron chi connectivity index (χ2n) is 5.31. The minimum atomic E-state index is -0.269. The van der Waals surface area contributed by atoms with Crippen LogP contribution in [0.3, 0.4) is 0 Å². The largest absolute Gasteiger partial charge is 0.319 e. The van der Waals surface area contributed by atoms with Crippen molar-refractivity contribution in [3.63, 3.8) is 0 Å². The van der Waals surface area contributed by atoms with Gasteiger partial charge >= 0.3 is 0 Å². The van der Waals surface area contributed by atoms with Crippen molar-refractivity contribution in [2.75, 3.05) is 5.32 Å². The van der Waals surface area contributed by atoms with Crippen LogP contribution in [0.4, 0.5) is 10.1 Å². The van der Waals surface area contributed by atoms with E-state index < -0.39 is 0 Å². The number of hydrogen-bond donors (Lipinski definition) is 1. The van der Waals surface area contributed by atoms with Gasteiger partial charge in [0.05, 0.1) is 29.7 Å². The van der Waals surface area contributed by atoms with Gasteiger partial charge in [0.25, 0.3) is 5.91 Å². The number of rotatable bonds is 4. The molecule has 3 rings (SSSR count). The number of anilines is 1. The molecule has 118 valence electrons. The fourth-order valence-electron chi connectivity index (χ4n) is 2.31. The molecule has 1 amide bonds. The maximum Gasteiger partial charge on any atom is 0.259 e. The summed E-state index contributed by atoms with van der Waals surface area (Å²) in [5.41, 5.74) is 2.72. The van der Waals surface area contributed by atoms with Crippen molar-refractivity contribution in [2.45, 2.75) is 13.5 Å². The minimum Gasteiger partial charge on any atom is -0.319 e. The fourth-order valence-corrected chi connectivity index (χ4v) is 2.31. The molecular formula is C16H16FN5O. The van der Waals surface area contributed by atoms with Gasteiger partial charge in [-0.15, -0.1) is 0 Å². The molecule has 0 saturated carbocycles. The summed E-state index contributed by atoms with van der Waals surface area (Å²) in [5, 5.41) is 11.1. The number of benzene rings is 1. The van der Waals surface area contributed by atoms with Crippen molar-refractivity contribution in [3.8, 4) is 0 Å². The van der Waals surface area contributed by atoms with Crippen LogP contribution >= 0.6 is 0 Å². The average Bonchev–Trinajstić information content (AvgIpc) is 3.07. The molecule has 0 aliphatic heterocycles. The maximum atomic E-state index is 12.9. The number of nitrogens with one attached hydrogen (secondary N) is 1. The Bertz CT molecular complexity index is 835. The van der Waals surface area contributed by atoms with Crippen LogP contribution in [0, 0.1) is 12.7 Å². The van der Waals surface area contributed by atoms with Crippen molar-refractivity contribution in [1.82, 2.24) is 19.6 Å². The van der Waals surface area contributed by atoms with Gasteiger partial charge in [-0.1, -0.05) is 12.1 Å². The number of hydrogen-bond acceptors (Lipinski definition) is 3. The van der Waals surface area contributed by atoms with Gasteiger partial charge in [0.2, 0.25) is 0 Å². The Labute approximate surface area is 132 Å².